The average molecular weight is 190 g/mol. The van der Waals surface area contributed by atoms with Gasteiger partial charge in [0.25, 0.3) is 0 Å². The number of hydrogen-bond donors (Lipinski definition) is 1. The SMILES string of the molecule is O=C1C[C@H]2[C@H](O)c3ccccc3[C@H]2O1. The fourth-order valence-corrected chi connectivity index (χ4v) is 2.42. The number of ether oxygens (including phenoxy) is 1. The molecule has 1 N–H and O–H groups in total. The van der Waals surface area contributed by atoms with Crippen LogP contribution in [0, 0.1) is 5.92 Å². The van der Waals surface area contributed by atoms with Gasteiger partial charge in [0, 0.05) is 5.92 Å². The molecule has 72 valence electrons. The highest BCUT2D eigenvalue weighted by Crippen LogP contribution is 2.50. The van der Waals surface area contributed by atoms with Crippen molar-refractivity contribution in [3.63, 3.8) is 0 Å². The molecule has 1 saturated heterocycles. The van der Waals surface area contributed by atoms with Crippen LogP contribution in [-0.2, 0) is 9.53 Å². The van der Waals surface area contributed by atoms with E-state index in [0.717, 1.165) is 11.1 Å². The number of rotatable bonds is 0. The lowest BCUT2D eigenvalue weighted by molar-refractivity contribution is -0.141. The summed E-state index contributed by atoms with van der Waals surface area (Å²) in [4.78, 5) is 11.1. The second kappa shape index (κ2) is 2.58. The van der Waals surface area contributed by atoms with Crippen molar-refractivity contribution in [2.24, 2.45) is 5.92 Å². The van der Waals surface area contributed by atoms with Crippen molar-refractivity contribution in [3.05, 3.63) is 35.4 Å². The molecule has 3 atom stereocenters. The van der Waals surface area contributed by atoms with Crippen molar-refractivity contribution in [1.82, 2.24) is 0 Å². The van der Waals surface area contributed by atoms with E-state index in [9.17, 15) is 9.90 Å². The molecular formula is C11H10O3. The Hall–Kier alpha value is -1.35. The second-order valence-corrected chi connectivity index (χ2v) is 3.85. The summed E-state index contributed by atoms with van der Waals surface area (Å²) in [6.07, 6.45) is -0.420. The van der Waals surface area contributed by atoms with Crippen LogP contribution in [0.5, 0.6) is 0 Å². The molecule has 0 radical (unpaired) electrons. The van der Waals surface area contributed by atoms with Gasteiger partial charge in [0.2, 0.25) is 0 Å². The quantitative estimate of drug-likeness (QED) is 0.628. The van der Waals surface area contributed by atoms with Gasteiger partial charge < -0.3 is 9.84 Å². The van der Waals surface area contributed by atoms with E-state index in [2.05, 4.69) is 0 Å². The molecule has 0 saturated carbocycles. The number of carbonyl (C=O) groups excluding carboxylic acids is 1. The first-order valence-corrected chi connectivity index (χ1v) is 4.74. The van der Waals surface area contributed by atoms with Gasteiger partial charge in [0.05, 0.1) is 12.5 Å². The van der Waals surface area contributed by atoms with Crippen molar-refractivity contribution in [1.29, 1.82) is 0 Å². The molecule has 14 heavy (non-hydrogen) atoms. The molecule has 1 aromatic carbocycles. The lowest BCUT2D eigenvalue weighted by Gasteiger charge is -2.09. The fraction of sp³-hybridized carbons (Fsp3) is 0.364. The van der Waals surface area contributed by atoms with Gasteiger partial charge in [-0.15, -0.1) is 0 Å². The maximum absolute atomic E-state index is 11.1. The summed E-state index contributed by atoms with van der Waals surface area (Å²) in [5, 5.41) is 9.94. The molecule has 0 unspecified atom stereocenters. The Morgan fingerprint density at radius 1 is 1.29 bits per heavy atom. The predicted molar refractivity (Wildman–Crippen MR) is 48.3 cm³/mol. The third-order valence-corrected chi connectivity index (χ3v) is 3.08. The Balaban J connectivity index is 2.11. The van der Waals surface area contributed by atoms with Gasteiger partial charge in [-0.2, -0.15) is 0 Å². The van der Waals surface area contributed by atoms with Crippen LogP contribution >= 0.6 is 0 Å². The van der Waals surface area contributed by atoms with Gasteiger partial charge in [-0.3, -0.25) is 4.79 Å². The summed E-state index contributed by atoms with van der Waals surface area (Å²) in [7, 11) is 0. The molecule has 0 spiro atoms. The van der Waals surface area contributed by atoms with Gasteiger partial charge in [-0.05, 0) is 11.1 Å². The summed E-state index contributed by atoms with van der Waals surface area (Å²) in [5.41, 5.74) is 1.88. The van der Waals surface area contributed by atoms with Crippen LogP contribution in [0.3, 0.4) is 0 Å². The van der Waals surface area contributed by atoms with Crippen LogP contribution in [0.25, 0.3) is 0 Å². The molecule has 1 heterocycles. The van der Waals surface area contributed by atoms with Gasteiger partial charge in [0.15, 0.2) is 0 Å². The smallest absolute Gasteiger partial charge is 0.306 e. The number of esters is 1. The van der Waals surface area contributed by atoms with E-state index in [-0.39, 0.29) is 18.0 Å². The molecule has 0 aromatic heterocycles. The molecule has 3 heteroatoms. The van der Waals surface area contributed by atoms with Crippen LogP contribution in [-0.4, -0.2) is 11.1 Å². The lowest BCUT2D eigenvalue weighted by atomic mass is 10.0. The first-order chi connectivity index (χ1) is 6.77. The minimum absolute atomic E-state index is 0.0695. The van der Waals surface area contributed by atoms with Gasteiger partial charge in [-0.1, -0.05) is 24.3 Å². The summed E-state index contributed by atoms with van der Waals surface area (Å²) in [6, 6.07) is 7.61. The van der Waals surface area contributed by atoms with Gasteiger partial charge in [0.1, 0.15) is 6.10 Å². The number of carbonyl (C=O) groups is 1. The molecule has 1 fully saturated rings. The Bertz CT molecular complexity index is 399. The van der Waals surface area contributed by atoms with Crippen molar-refractivity contribution in [2.75, 3.05) is 0 Å². The second-order valence-electron chi connectivity index (χ2n) is 3.85. The van der Waals surface area contributed by atoms with E-state index < -0.39 is 6.10 Å². The molecule has 0 bridgehead atoms. The predicted octanol–water partition coefficient (Wildman–Crippen LogP) is 1.34. The molecule has 1 aliphatic heterocycles. The summed E-state index contributed by atoms with van der Waals surface area (Å²) < 4.78 is 5.18. The van der Waals surface area contributed by atoms with Crippen LogP contribution < -0.4 is 0 Å². The van der Waals surface area contributed by atoms with Gasteiger partial charge >= 0.3 is 5.97 Å². The first kappa shape index (κ1) is 8.00. The first-order valence-electron chi connectivity index (χ1n) is 4.74. The summed E-state index contributed by atoms with van der Waals surface area (Å²) in [6.45, 7) is 0. The Labute approximate surface area is 81.3 Å². The maximum atomic E-state index is 11.1. The molecule has 1 aliphatic carbocycles. The van der Waals surface area contributed by atoms with E-state index in [1.807, 2.05) is 24.3 Å². The highest BCUT2D eigenvalue weighted by molar-refractivity contribution is 5.73. The largest absolute Gasteiger partial charge is 0.457 e. The molecule has 1 aromatic rings. The number of aliphatic hydroxyl groups excluding tert-OH is 1. The molecule has 3 rings (SSSR count). The Morgan fingerprint density at radius 3 is 2.79 bits per heavy atom. The van der Waals surface area contributed by atoms with Crippen LogP contribution in [0.2, 0.25) is 0 Å². The van der Waals surface area contributed by atoms with Crippen LogP contribution in [0.4, 0.5) is 0 Å². The number of aliphatic hydroxyl groups is 1. The Morgan fingerprint density at radius 2 is 2.00 bits per heavy atom. The summed E-state index contributed by atoms with van der Waals surface area (Å²) >= 11 is 0. The number of hydrogen-bond acceptors (Lipinski definition) is 3. The zero-order valence-corrected chi connectivity index (χ0v) is 7.51. The molecule has 3 nitrogen and oxygen atoms in total. The Kier molecular flexibility index (Phi) is 1.47. The zero-order valence-electron chi connectivity index (χ0n) is 7.51. The van der Waals surface area contributed by atoms with Crippen molar-refractivity contribution in [3.8, 4) is 0 Å². The standard InChI is InChI=1S/C11H10O3/c12-9-5-8-10(13)6-3-1-2-4-7(6)11(8)14-9/h1-4,8,10-11,13H,5H2/t8-,10+,11+/m0/s1. The van der Waals surface area contributed by atoms with E-state index in [1.54, 1.807) is 0 Å². The minimum Gasteiger partial charge on any atom is -0.457 e. The highest BCUT2D eigenvalue weighted by Gasteiger charge is 2.47. The summed E-state index contributed by atoms with van der Waals surface area (Å²) in [5.74, 6) is -0.270. The average Bonchev–Trinajstić information content (AvgIpc) is 2.68. The van der Waals surface area contributed by atoms with E-state index in [1.165, 1.54) is 0 Å². The van der Waals surface area contributed by atoms with Crippen LogP contribution in [0.15, 0.2) is 24.3 Å². The topological polar surface area (TPSA) is 46.5 Å². The van der Waals surface area contributed by atoms with E-state index in [0.29, 0.717) is 6.42 Å². The maximum Gasteiger partial charge on any atom is 0.306 e. The van der Waals surface area contributed by atoms with Crippen molar-refractivity contribution >= 4 is 5.97 Å². The fourth-order valence-electron chi connectivity index (χ4n) is 2.42. The minimum atomic E-state index is -0.539. The van der Waals surface area contributed by atoms with Crippen molar-refractivity contribution in [2.45, 2.75) is 18.6 Å². The van der Waals surface area contributed by atoms with Crippen molar-refractivity contribution < 1.29 is 14.6 Å². The third kappa shape index (κ3) is 0.876. The highest BCUT2D eigenvalue weighted by atomic mass is 16.6. The van der Waals surface area contributed by atoms with Crippen LogP contribution in [0.1, 0.15) is 29.8 Å². The number of fused-ring (bicyclic) bond motifs is 3. The van der Waals surface area contributed by atoms with E-state index in [4.69, 9.17) is 4.74 Å². The van der Waals surface area contributed by atoms with E-state index >= 15 is 0 Å². The molecule has 0 amide bonds. The molecular weight excluding hydrogens is 180 g/mol. The third-order valence-electron chi connectivity index (χ3n) is 3.08. The molecule has 2 aliphatic rings. The van der Waals surface area contributed by atoms with Gasteiger partial charge in [-0.25, -0.2) is 0 Å². The zero-order chi connectivity index (χ0) is 9.71. The number of benzene rings is 1. The monoisotopic (exact) mass is 190 g/mol. The normalized spacial score (nSPS) is 33.8. The lowest BCUT2D eigenvalue weighted by Crippen LogP contribution is -2.06.